The summed E-state index contributed by atoms with van der Waals surface area (Å²) in [4.78, 5) is 10.5. The van der Waals surface area contributed by atoms with Crippen molar-refractivity contribution in [3.63, 3.8) is 0 Å². The van der Waals surface area contributed by atoms with Crippen molar-refractivity contribution >= 4 is 6.09 Å². The van der Waals surface area contributed by atoms with Gasteiger partial charge in [0.2, 0.25) is 0 Å². The minimum Gasteiger partial charge on any atom is -0.441 e. The summed E-state index contributed by atoms with van der Waals surface area (Å²) in [6, 6.07) is 0. The van der Waals surface area contributed by atoms with E-state index in [-0.39, 0.29) is 6.61 Å². The van der Waals surface area contributed by atoms with Crippen LogP contribution in [0.25, 0.3) is 0 Å². The van der Waals surface area contributed by atoms with Crippen LogP contribution in [-0.2, 0) is 4.74 Å². The molecule has 1 rings (SSSR count). The monoisotopic (exact) mass is 145 g/mol. The van der Waals surface area contributed by atoms with Crippen LogP contribution in [0.15, 0.2) is 0 Å². The second-order valence-electron chi connectivity index (χ2n) is 2.67. The third-order valence-electron chi connectivity index (χ3n) is 1.59. The molecule has 1 fully saturated rings. The van der Waals surface area contributed by atoms with Crippen LogP contribution in [0.5, 0.6) is 0 Å². The first-order chi connectivity index (χ1) is 4.66. The lowest BCUT2D eigenvalue weighted by molar-refractivity contribution is 0.0502. The molecule has 1 aliphatic rings. The van der Waals surface area contributed by atoms with Crippen molar-refractivity contribution in [1.82, 2.24) is 5.32 Å². The minimum absolute atomic E-state index is 0.0471. The van der Waals surface area contributed by atoms with Gasteiger partial charge in [-0.2, -0.15) is 0 Å². The number of hydrogen-bond acceptors (Lipinski definition) is 3. The molecule has 0 saturated carbocycles. The van der Waals surface area contributed by atoms with E-state index >= 15 is 0 Å². The van der Waals surface area contributed by atoms with Gasteiger partial charge in [0.25, 0.3) is 0 Å². The lowest BCUT2D eigenvalue weighted by atomic mass is 10.0. The summed E-state index contributed by atoms with van der Waals surface area (Å²) >= 11 is 0. The van der Waals surface area contributed by atoms with Gasteiger partial charge in [0.1, 0.15) is 5.60 Å². The van der Waals surface area contributed by atoms with E-state index in [1.807, 2.05) is 0 Å². The van der Waals surface area contributed by atoms with Gasteiger partial charge in [-0.05, 0) is 6.92 Å². The molecule has 2 N–H and O–H groups in total. The number of cyclic esters (lactones) is 1. The summed E-state index contributed by atoms with van der Waals surface area (Å²) in [7, 11) is 0. The lowest BCUT2D eigenvalue weighted by Gasteiger charge is -2.18. The van der Waals surface area contributed by atoms with Gasteiger partial charge in [-0.3, -0.25) is 0 Å². The molecule has 1 unspecified atom stereocenters. The Morgan fingerprint density at radius 3 is 3.00 bits per heavy atom. The molecule has 0 bridgehead atoms. The number of rotatable bonds is 2. The van der Waals surface area contributed by atoms with E-state index in [4.69, 9.17) is 9.84 Å². The van der Waals surface area contributed by atoms with Gasteiger partial charge in [-0.15, -0.1) is 0 Å². The second kappa shape index (κ2) is 2.46. The zero-order valence-corrected chi connectivity index (χ0v) is 5.89. The number of nitrogens with one attached hydrogen (secondary N) is 1. The van der Waals surface area contributed by atoms with Gasteiger partial charge in [0.15, 0.2) is 0 Å². The summed E-state index contributed by atoms with van der Waals surface area (Å²) in [5, 5.41) is 11.1. The summed E-state index contributed by atoms with van der Waals surface area (Å²) in [6.45, 7) is 2.33. The number of carbonyl (C=O) groups is 1. The fourth-order valence-corrected chi connectivity index (χ4v) is 0.931. The second-order valence-corrected chi connectivity index (χ2v) is 2.67. The highest BCUT2D eigenvalue weighted by molar-refractivity contribution is 5.70. The highest BCUT2D eigenvalue weighted by Gasteiger charge is 2.34. The summed E-state index contributed by atoms with van der Waals surface area (Å²) in [5.74, 6) is 0. The zero-order valence-electron chi connectivity index (χ0n) is 5.89. The van der Waals surface area contributed by atoms with Gasteiger partial charge in [-0.1, -0.05) is 0 Å². The normalized spacial score (nSPS) is 31.6. The van der Waals surface area contributed by atoms with Gasteiger partial charge >= 0.3 is 6.09 Å². The summed E-state index contributed by atoms with van der Waals surface area (Å²) in [6.07, 6.45) is 0.0992. The predicted octanol–water partition coefficient (Wildman–Crippen LogP) is -0.133. The van der Waals surface area contributed by atoms with Crippen molar-refractivity contribution in [3.05, 3.63) is 0 Å². The van der Waals surface area contributed by atoms with Crippen molar-refractivity contribution in [2.24, 2.45) is 0 Å². The molecule has 0 aromatic rings. The first-order valence-electron chi connectivity index (χ1n) is 3.24. The van der Waals surface area contributed by atoms with Crippen LogP contribution in [0.4, 0.5) is 4.79 Å². The smallest absolute Gasteiger partial charge is 0.407 e. The Morgan fingerprint density at radius 2 is 2.60 bits per heavy atom. The van der Waals surface area contributed by atoms with Crippen LogP contribution in [0.1, 0.15) is 13.3 Å². The molecule has 0 radical (unpaired) electrons. The zero-order chi connectivity index (χ0) is 7.61. The maximum Gasteiger partial charge on any atom is 0.407 e. The van der Waals surface area contributed by atoms with Crippen LogP contribution >= 0.6 is 0 Å². The van der Waals surface area contributed by atoms with E-state index in [2.05, 4.69) is 5.32 Å². The largest absolute Gasteiger partial charge is 0.441 e. The highest BCUT2D eigenvalue weighted by atomic mass is 16.6. The third kappa shape index (κ3) is 1.39. The minimum atomic E-state index is -0.494. The summed E-state index contributed by atoms with van der Waals surface area (Å²) < 4.78 is 4.88. The van der Waals surface area contributed by atoms with Crippen molar-refractivity contribution in [2.45, 2.75) is 18.9 Å². The fraction of sp³-hybridized carbons (Fsp3) is 0.833. The maximum atomic E-state index is 10.5. The van der Waals surface area contributed by atoms with E-state index in [0.29, 0.717) is 13.0 Å². The first-order valence-corrected chi connectivity index (χ1v) is 3.24. The Hall–Kier alpha value is -0.770. The quantitative estimate of drug-likeness (QED) is 0.569. The Labute approximate surface area is 59.2 Å². The van der Waals surface area contributed by atoms with Gasteiger partial charge in [0.05, 0.1) is 6.54 Å². The molecule has 0 spiro atoms. The van der Waals surface area contributed by atoms with E-state index in [9.17, 15) is 4.79 Å². The number of aliphatic hydroxyl groups excluding tert-OH is 1. The molecule has 1 amide bonds. The molecule has 1 atom stereocenters. The van der Waals surface area contributed by atoms with Gasteiger partial charge in [0, 0.05) is 13.0 Å². The number of alkyl carbamates (subject to hydrolysis) is 1. The van der Waals surface area contributed by atoms with Gasteiger partial charge in [-0.25, -0.2) is 4.79 Å². The standard InChI is InChI=1S/C6H11NO3/c1-6(2-3-8)4-7-5(9)10-6/h8H,2-4H2,1H3,(H,7,9). The first kappa shape index (κ1) is 7.34. The van der Waals surface area contributed by atoms with E-state index in [1.54, 1.807) is 6.92 Å². The van der Waals surface area contributed by atoms with Crippen LogP contribution in [0, 0.1) is 0 Å². The van der Waals surface area contributed by atoms with Crippen molar-refractivity contribution in [3.8, 4) is 0 Å². The Morgan fingerprint density at radius 1 is 1.90 bits per heavy atom. The molecule has 0 aromatic carbocycles. The Balaban J connectivity index is 2.46. The molecule has 0 aromatic heterocycles. The average Bonchev–Trinajstić information content (AvgIpc) is 2.12. The van der Waals surface area contributed by atoms with Crippen LogP contribution in [0.2, 0.25) is 0 Å². The average molecular weight is 145 g/mol. The van der Waals surface area contributed by atoms with Crippen molar-refractivity contribution in [1.29, 1.82) is 0 Å². The molecule has 1 saturated heterocycles. The molecule has 10 heavy (non-hydrogen) atoms. The molecule has 4 heteroatoms. The summed E-state index contributed by atoms with van der Waals surface area (Å²) in [5.41, 5.74) is -0.494. The van der Waals surface area contributed by atoms with Crippen LogP contribution in [-0.4, -0.2) is 30.0 Å². The predicted molar refractivity (Wildman–Crippen MR) is 34.6 cm³/mol. The number of ether oxygens (including phenoxy) is 1. The number of amides is 1. The Kier molecular flexibility index (Phi) is 1.80. The molecular formula is C6H11NO3. The van der Waals surface area contributed by atoms with E-state index < -0.39 is 11.7 Å². The molecule has 1 heterocycles. The Bertz CT molecular complexity index is 148. The maximum absolute atomic E-state index is 10.5. The molecular weight excluding hydrogens is 134 g/mol. The van der Waals surface area contributed by atoms with Crippen LogP contribution in [0.3, 0.4) is 0 Å². The molecule has 1 aliphatic heterocycles. The number of hydrogen-bond donors (Lipinski definition) is 2. The number of carbonyl (C=O) groups excluding carboxylic acids is 1. The number of aliphatic hydroxyl groups is 1. The molecule has 58 valence electrons. The SMILES string of the molecule is CC1(CCO)CNC(=O)O1. The topological polar surface area (TPSA) is 58.6 Å². The molecule has 4 nitrogen and oxygen atoms in total. The highest BCUT2D eigenvalue weighted by Crippen LogP contribution is 2.18. The fourth-order valence-electron chi connectivity index (χ4n) is 0.931. The van der Waals surface area contributed by atoms with E-state index in [0.717, 1.165) is 0 Å². The van der Waals surface area contributed by atoms with Crippen molar-refractivity contribution in [2.75, 3.05) is 13.2 Å². The lowest BCUT2D eigenvalue weighted by Crippen LogP contribution is -2.30. The molecule has 0 aliphatic carbocycles. The van der Waals surface area contributed by atoms with Crippen LogP contribution < -0.4 is 5.32 Å². The van der Waals surface area contributed by atoms with Crippen molar-refractivity contribution < 1.29 is 14.6 Å². The third-order valence-corrected chi connectivity index (χ3v) is 1.59. The van der Waals surface area contributed by atoms with Gasteiger partial charge < -0.3 is 15.2 Å². The van der Waals surface area contributed by atoms with E-state index in [1.165, 1.54) is 0 Å².